The Morgan fingerprint density at radius 2 is 1.80 bits per heavy atom. The van der Waals surface area contributed by atoms with Gasteiger partial charge < -0.3 is 4.74 Å². The number of halogens is 2. The zero-order valence-electron chi connectivity index (χ0n) is 8.46. The molecular formula is C9H12Br2O4. The van der Waals surface area contributed by atoms with Crippen molar-refractivity contribution in [3.05, 3.63) is 0 Å². The molecule has 0 amide bonds. The number of carbonyl (C=O) groups is 3. The van der Waals surface area contributed by atoms with Crippen molar-refractivity contribution in [2.45, 2.75) is 25.1 Å². The highest BCUT2D eigenvalue weighted by molar-refractivity contribution is 9.10. The first-order chi connectivity index (χ1) is 6.88. The third-order valence-corrected chi connectivity index (χ3v) is 2.90. The van der Waals surface area contributed by atoms with Crippen LogP contribution in [0.4, 0.5) is 0 Å². The van der Waals surface area contributed by atoms with Crippen LogP contribution in [0.1, 0.15) is 20.3 Å². The van der Waals surface area contributed by atoms with E-state index in [1.807, 2.05) is 0 Å². The molecule has 86 valence electrons. The van der Waals surface area contributed by atoms with Crippen LogP contribution < -0.4 is 0 Å². The van der Waals surface area contributed by atoms with E-state index in [-0.39, 0.29) is 23.5 Å². The zero-order valence-corrected chi connectivity index (χ0v) is 11.6. The van der Waals surface area contributed by atoms with E-state index in [1.54, 1.807) is 13.8 Å². The number of carbonyl (C=O) groups excluding carboxylic acids is 3. The van der Waals surface area contributed by atoms with Crippen LogP contribution in [0.2, 0.25) is 0 Å². The minimum atomic E-state index is -0.690. The van der Waals surface area contributed by atoms with Crippen LogP contribution in [0, 0.1) is 5.92 Å². The van der Waals surface area contributed by atoms with Gasteiger partial charge >= 0.3 is 11.9 Å². The van der Waals surface area contributed by atoms with Gasteiger partial charge in [0, 0.05) is 0 Å². The summed E-state index contributed by atoms with van der Waals surface area (Å²) in [6.07, 6.45) is -0.136. The van der Waals surface area contributed by atoms with E-state index < -0.39 is 16.8 Å². The molecule has 0 saturated carbocycles. The molecule has 0 fully saturated rings. The molecule has 0 heterocycles. The molecule has 0 rings (SSSR count). The number of rotatable bonds is 5. The Morgan fingerprint density at radius 3 is 2.20 bits per heavy atom. The molecular weight excluding hydrogens is 332 g/mol. The molecule has 0 aliphatic rings. The molecule has 0 spiro atoms. The molecule has 0 aromatic heterocycles. The van der Waals surface area contributed by atoms with Crippen molar-refractivity contribution < 1.29 is 19.1 Å². The number of Topliss-reactive ketones (excluding diaryl/α,β-unsaturated/α-hetero) is 1. The summed E-state index contributed by atoms with van der Waals surface area (Å²) in [5.74, 6) is -1.78. The first-order valence-electron chi connectivity index (χ1n) is 4.35. The molecule has 6 heteroatoms. The van der Waals surface area contributed by atoms with Gasteiger partial charge in [0.2, 0.25) is 0 Å². The van der Waals surface area contributed by atoms with Crippen molar-refractivity contribution in [2.75, 3.05) is 5.33 Å². The van der Waals surface area contributed by atoms with Gasteiger partial charge in [0.25, 0.3) is 0 Å². The Morgan fingerprint density at radius 1 is 1.27 bits per heavy atom. The summed E-state index contributed by atoms with van der Waals surface area (Å²) in [6.45, 7) is 3.26. The Balaban J connectivity index is 4.04. The fourth-order valence-electron chi connectivity index (χ4n) is 0.616. The molecule has 1 unspecified atom stereocenters. The van der Waals surface area contributed by atoms with E-state index in [9.17, 15) is 14.4 Å². The molecule has 0 N–H and O–H groups in total. The topological polar surface area (TPSA) is 60.4 Å². The average Bonchev–Trinajstić information content (AvgIpc) is 2.15. The summed E-state index contributed by atoms with van der Waals surface area (Å²) < 4.78 is 4.50. The number of alkyl halides is 2. The van der Waals surface area contributed by atoms with E-state index in [1.165, 1.54) is 0 Å². The van der Waals surface area contributed by atoms with Crippen molar-refractivity contribution in [1.29, 1.82) is 0 Å². The molecule has 0 aliphatic carbocycles. The van der Waals surface area contributed by atoms with Crippen LogP contribution in [-0.2, 0) is 19.1 Å². The number of hydrogen-bond donors (Lipinski definition) is 0. The Kier molecular flexibility index (Phi) is 7.00. The van der Waals surface area contributed by atoms with Gasteiger partial charge in [-0.3, -0.25) is 14.4 Å². The maximum atomic E-state index is 11.1. The van der Waals surface area contributed by atoms with Gasteiger partial charge in [0.05, 0.1) is 22.5 Å². The number of ether oxygens (including phenoxy) is 1. The predicted octanol–water partition coefficient (Wildman–Crippen LogP) is 1.83. The lowest BCUT2D eigenvalue weighted by molar-refractivity contribution is -0.162. The summed E-state index contributed by atoms with van der Waals surface area (Å²) in [6, 6.07) is 0. The number of esters is 2. The smallest absolute Gasteiger partial charge is 0.316 e. The molecule has 0 aromatic rings. The van der Waals surface area contributed by atoms with Gasteiger partial charge in [-0.15, -0.1) is 0 Å². The summed E-state index contributed by atoms with van der Waals surface area (Å²) in [5, 5.41) is 0.161. The average molecular weight is 344 g/mol. The highest BCUT2D eigenvalue weighted by Gasteiger charge is 2.21. The van der Waals surface area contributed by atoms with E-state index >= 15 is 0 Å². The maximum Gasteiger partial charge on any atom is 0.316 e. The van der Waals surface area contributed by atoms with E-state index in [0.29, 0.717) is 0 Å². The van der Waals surface area contributed by atoms with Crippen molar-refractivity contribution in [3.63, 3.8) is 0 Å². The fourth-order valence-corrected chi connectivity index (χ4v) is 1.87. The van der Waals surface area contributed by atoms with Gasteiger partial charge in [-0.05, 0) is 0 Å². The minimum absolute atomic E-state index is 0.136. The normalized spacial score (nSPS) is 12.3. The van der Waals surface area contributed by atoms with Gasteiger partial charge in [0.1, 0.15) is 0 Å². The second-order valence-corrected chi connectivity index (χ2v) is 4.89. The summed E-state index contributed by atoms with van der Waals surface area (Å²) >= 11 is 6.02. The van der Waals surface area contributed by atoms with E-state index in [4.69, 9.17) is 0 Å². The first kappa shape index (κ1) is 14.8. The lowest BCUT2D eigenvalue weighted by Crippen LogP contribution is -2.23. The third-order valence-electron chi connectivity index (χ3n) is 1.51. The van der Waals surface area contributed by atoms with E-state index in [2.05, 4.69) is 36.6 Å². The second kappa shape index (κ2) is 7.11. The largest absolute Gasteiger partial charge is 0.393 e. The standard InChI is InChI=1S/C9H12Br2O4/c1-5(2)9(14)15-8(13)3-6(11)7(12)4-10/h5-6H,3-4H2,1-2H3. The summed E-state index contributed by atoms with van der Waals surface area (Å²) in [5.41, 5.74) is 0. The SMILES string of the molecule is CC(C)C(=O)OC(=O)CC(Br)C(=O)CBr. The van der Waals surface area contributed by atoms with Crippen LogP contribution in [0.25, 0.3) is 0 Å². The van der Waals surface area contributed by atoms with Gasteiger partial charge in [-0.2, -0.15) is 0 Å². The van der Waals surface area contributed by atoms with Gasteiger partial charge in [-0.1, -0.05) is 45.7 Å². The van der Waals surface area contributed by atoms with Crippen LogP contribution in [-0.4, -0.2) is 27.9 Å². The van der Waals surface area contributed by atoms with Crippen molar-refractivity contribution >= 4 is 49.6 Å². The fraction of sp³-hybridized carbons (Fsp3) is 0.667. The first-order valence-corrected chi connectivity index (χ1v) is 6.39. The molecule has 15 heavy (non-hydrogen) atoms. The van der Waals surface area contributed by atoms with Crippen molar-refractivity contribution in [3.8, 4) is 0 Å². The van der Waals surface area contributed by atoms with Gasteiger partial charge in [-0.25, -0.2) is 0 Å². The minimum Gasteiger partial charge on any atom is -0.393 e. The molecule has 0 aromatic carbocycles. The molecule has 0 saturated heterocycles. The van der Waals surface area contributed by atoms with Crippen LogP contribution in [0.3, 0.4) is 0 Å². The molecule has 0 radical (unpaired) electrons. The lowest BCUT2D eigenvalue weighted by atomic mass is 10.2. The Labute approximate surface area is 105 Å². The van der Waals surface area contributed by atoms with Crippen LogP contribution in [0.5, 0.6) is 0 Å². The van der Waals surface area contributed by atoms with E-state index in [0.717, 1.165) is 0 Å². The van der Waals surface area contributed by atoms with Crippen molar-refractivity contribution in [1.82, 2.24) is 0 Å². The highest BCUT2D eigenvalue weighted by Crippen LogP contribution is 2.10. The molecule has 4 nitrogen and oxygen atoms in total. The van der Waals surface area contributed by atoms with Crippen LogP contribution in [0.15, 0.2) is 0 Å². The third kappa shape index (κ3) is 6.04. The van der Waals surface area contributed by atoms with Crippen molar-refractivity contribution in [2.24, 2.45) is 5.92 Å². The highest BCUT2D eigenvalue weighted by atomic mass is 79.9. The summed E-state index contributed by atoms with van der Waals surface area (Å²) in [7, 11) is 0. The number of ketones is 1. The molecule has 0 bridgehead atoms. The number of hydrogen-bond acceptors (Lipinski definition) is 4. The second-order valence-electron chi connectivity index (χ2n) is 3.22. The maximum absolute atomic E-state index is 11.1. The summed E-state index contributed by atoms with van der Waals surface area (Å²) in [4.78, 5) is 32.6. The van der Waals surface area contributed by atoms with Gasteiger partial charge in [0.15, 0.2) is 5.78 Å². The zero-order chi connectivity index (χ0) is 12.0. The quantitative estimate of drug-likeness (QED) is 0.434. The Hall–Kier alpha value is -0.230. The predicted molar refractivity (Wildman–Crippen MR) is 62.1 cm³/mol. The lowest BCUT2D eigenvalue weighted by Gasteiger charge is -2.07. The monoisotopic (exact) mass is 342 g/mol. The molecule has 0 aliphatic heterocycles. The van der Waals surface area contributed by atoms with Crippen LogP contribution >= 0.6 is 31.9 Å². The Bertz CT molecular complexity index is 263. The molecule has 1 atom stereocenters.